The number of nitrogens with one attached hydrogen (secondary N) is 1. The third-order valence-corrected chi connectivity index (χ3v) is 4.87. The first-order valence-electron chi connectivity index (χ1n) is 6.23. The van der Waals surface area contributed by atoms with Gasteiger partial charge in [0.25, 0.3) is 0 Å². The Balaban J connectivity index is 1.50. The topological polar surface area (TPSA) is 80.9 Å². The number of aromatic nitrogens is 3. The van der Waals surface area contributed by atoms with Crippen molar-refractivity contribution >= 4 is 40.0 Å². The summed E-state index contributed by atoms with van der Waals surface area (Å²) in [6.45, 7) is 2.40. The largest absolute Gasteiger partial charge is 0.351 e. The third kappa shape index (κ3) is 3.59. The van der Waals surface area contributed by atoms with Gasteiger partial charge in [-0.1, -0.05) is 17.8 Å². The zero-order valence-electron chi connectivity index (χ0n) is 11.2. The van der Waals surface area contributed by atoms with Gasteiger partial charge in [-0.05, 0) is 34.9 Å². The van der Waals surface area contributed by atoms with Crippen molar-refractivity contribution in [2.45, 2.75) is 17.8 Å². The number of hydrogen-bond donors (Lipinski definition) is 1. The van der Waals surface area contributed by atoms with Crippen LogP contribution in [-0.2, 0) is 11.3 Å². The second kappa shape index (κ2) is 6.23. The molecule has 0 aliphatic heterocycles. The van der Waals surface area contributed by atoms with Crippen molar-refractivity contribution in [2.24, 2.45) is 0 Å². The van der Waals surface area contributed by atoms with Crippen molar-refractivity contribution in [3.8, 4) is 0 Å². The molecule has 0 fully saturated rings. The van der Waals surface area contributed by atoms with Crippen molar-refractivity contribution in [1.29, 1.82) is 0 Å². The standard InChI is InChI=1S/C13H12N4O2S2/c1-8-6-20-13(15-8)21-7-12(18)14-5-9-2-3-10-11(4-9)17-19-16-10/h2-4,6H,5,7H2,1H3,(H,14,18). The first-order chi connectivity index (χ1) is 10.2. The molecule has 0 aliphatic rings. The van der Waals surface area contributed by atoms with Crippen LogP contribution in [0.4, 0.5) is 0 Å². The average molecular weight is 320 g/mol. The number of hydrogen-bond acceptors (Lipinski definition) is 7. The lowest BCUT2D eigenvalue weighted by molar-refractivity contribution is -0.118. The highest BCUT2D eigenvalue weighted by Crippen LogP contribution is 2.21. The Morgan fingerprint density at radius 2 is 2.24 bits per heavy atom. The highest BCUT2D eigenvalue weighted by atomic mass is 32.2. The van der Waals surface area contributed by atoms with E-state index in [4.69, 9.17) is 0 Å². The minimum Gasteiger partial charge on any atom is -0.351 e. The predicted octanol–water partition coefficient (Wildman–Crippen LogP) is 2.40. The number of thioether (sulfide) groups is 1. The van der Waals surface area contributed by atoms with E-state index in [1.807, 2.05) is 30.5 Å². The smallest absolute Gasteiger partial charge is 0.230 e. The van der Waals surface area contributed by atoms with Gasteiger partial charge < -0.3 is 5.32 Å². The van der Waals surface area contributed by atoms with Crippen molar-refractivity contribution in [1.82, 2.24) is 20.6 Å². The zero-order valence-corrected chi connectivity index (χ0v) is 12.8. The summed E-state index contributed by atoms with van der Waals surface area (Å²) in [6, 6.07) is 5.56. The van der Waals surface area contributed by atoms with Crippen LogP contribution < -0.4 is 5.32 Å². The maximum absolute atomic E-state index is 11.8. The highest BCUT2D eigenvalue weighted by Gasteiger charge is 2.06. The van der Waals surface area contributed by atoms with Crippen LogP contribution in [0.3, 0.4) is 0 Å². The van der Waals surface area contributed by atoms with Crippen molar-refractivity contribution in [3.63, 3.8) is 0 Å². The molecule has 6 nitrogen and oxygen atoms in total. The number of carbonyl (C=O) groups excluding carboxylic acids is 1. The Morgan fingerprint density at radius 1 is 1.38 bits per heavy atom. The molecule has 2 aromatic heterocycles. The summed E-state index contributed by atoms with van der Waals surface area (Å²) in [5.74, 6) is 0.340. The molecule has 3 rings (SSSR count). The summed E-state index contributed by atoms with van der Waals surface area (Å²) in [6.07, 6.45) is 0. The predicted molar refractivity (Wildman–Crippen MR) is 81.2 cm³/mol. The minimum atomic E-state index is -0.0220. The van der Waals surface area contributed by atoms with Gasteiger partial charge in [-0.3, -0.25) is 4.79 Å². The van der Waals surface area contributed by atoms with Crippen LogP contribution in [0.25, 0.3) is 11.0 Å². The Bertz CT molecular complexity index is 768. The number of nitrogens with zero attached hydrogens (tertiary/aromatic N) is 3. The van der Waals surface area contributed by atoms with E-state index >= 15 is 0 Å². The second-order valence-corrected chi connectivity index (χ2v) is 6.49. The molecule has 0 saturated carbocycles. The SMILES string of the molecule is Cc1csc(SCC(=O)NCc2ccc3nonc3c2)n1. The van der Waals surface area contributed by atoms with Crippen molar-refractivity contribution < 1.29 is 9.42 Å². The van der Waals surface area contributed by atoms with Crippen LogP contribution in [0.2, 0.25) is 0 Å². The molecule has 0 atom stereocenters. The molecule has 0 bridgehead atoms. The van der Waals surface area contributed by atoms with Crippen molar-refractivity contribution in [3.05, 3.63) is 34.8 Å². The van der Waals surface area contributed by atoms with Gasteiger partial charge in [0.15, 0.2) is 4.34 Å². The lowest BCUT2D eigenvalue weighted by Gasteiger charge is -2.04. The van der Waals surface area contributed by atoms with E-state index < -0.39 is 0 Å². The van der Waals surface area contributed by atoms with Crippen LogP contribution in [0.1, 0.15) is 11.3 Å². The summed E-state index contributed by atoms with van der Waals surface area (Å²) in [5.41, 5.74) is 3.34. The van der Waals surface area contributed by atoms with Crippen LogP contribution in [0.15, 0.2) is 32.5 Å². The van der Waals surface area contributed by atoms with Gasteiger partial charge in [0, 0.05) is 17.6 Å². The first kappa shape index (κ1) is 14.0. The minimum absolute atomic E-state index is 0.0220. The van der Waals surface area contributed by atoms with E-state index in [1.165, 1.54) is 11.8 Å². The molecule has 0 unspecified atom stereocenters. The number of thiazole rings is 1. The molecule has 1 amide bonds. The number of aryl methyl sites for hydroxylation is 1. The molecule has 0 aliphatic carbocycles. The molecule has 3 aromatic rings. The van der Waals surface area contributed by atoms with Gasteiger partial charge in [-0.25, -0.2) is 9.61 Å². The molecule has 0 spiro atoms. The van der Waals surface area contributed by atoms with Gasteiger partial charge in [-0.15, -0.1) is 11.3 Å². The highest BCUT2D eigenvalue weighted by molar-refractivity contribution is 8.01. The summed E-state index contributed by atoms with van der Waals surface area (Å²) < 4.78 is 5.55. The number of carbonyl (C=O) groups is 1. The molecule has 0 saturated heterocycles. The van der Waals surface area contributed by atoms with Crippen molar-refractivity contribution in [2.75, 3.05) is 5.75 Å². The van der Waals surface area contributed by atoms with Gasteiger partial charge in [0.1, 0.15) is 11.0 Å². The van der Waals surface area contributed by atoms with E-state index in [1.54, 1.807) is 11.3 Å². The normalized spacial score (nSPS) is 10.9. The summed E-state index contributed by atoms with van der Waals surface area (Å²) in [5, 5.41) is 12.4. The Morgan fingerprint density at radius 3 is 3.05 bits per heavy atom. The summed E-state index contributed by atoms with van der Waals surface area (Å²) in [4.78, 5) is 16.1. The van der Waals surface area contributed by atoms with Gasteiger partial charge >= 0.3 is 0 Å². The van der Waals surface area contributed by atoms with E-state index in [0.29, 0.717) is 23.3 Å². The first-order valence-corrected chi connectivity index (χ1v) is 8.10. The van der Waals surface area contributed by atoms with E-state index in [9.17, 15) is 4.79 Å². The zero-order chi connectivity index (χ0) is 14.7. The van der Waals surface area contributed by atoms with Gasteiger partial charge in [0.2, 0.25) is 5.91 Å². The second-order valence-electron chi connectivity index (χ2n) is 4.41. The quantitative estimate of drug-likeness (QED) is 0.727. The van der Waals surface area contributed by atoms with Gasteiger partial charge in [-0.2, -0.15) is 0 Å². The summed E-state index contributed by atoms with van der Waals surface area (Å²) >= 11 is 3.00. The van der Waals surface area contributed by atoms with Crippen LogP contribution in [0.5, 0.6) is 0 Å². The average Bonchev–Trinajstić information content (AvgIpc) is 3.10. The number of rotatable bonds is 5. The molecular formula is C13H12N4O2S2. The number of amides is 1. The fourth-order valence-corrected chi connectivity index (χ4v) is 3.39. The van der Waals surface area contributed by atoms with Crippen LogP contribution in [0, 0.1) is 6.92 Å². The third-order valence-electron chi connectivity index (χ3n) is 2.73. The maximum atomic E-state index is 11.8. The Hall–Kier alpha value is -1.93. The molecule has 1 N–H and O–H groups in total. The van der Waals surface area contributed by atoms with Crippen LogP contribution >= 0.6 is 23.1 Å². The summed E-state index contributed by atoms with van der Waals surface area (Å²) in [7, 11) is 0. The maximum Gasteiger partial charge on any atom is 0.230 e. The number of benzene rings is 1. The molecule has 1 aromatic carbocycles. The molecular weight excluding hydrogens is 308 g/mol. The molecule has 2 heterocycles. The number of fused-ring (bicyclic) bond motifs is 1. The fourth-order valence-electron chi connectivity index (χ4n) is 1.72. The van der Waals surface area contributed by atoms with Crippen LogP contribution in [-0.4, -0.2) is 27.0 Å². The Labute approximate surface area is 128 Å². The monoisotopic (exact) mass is 320 g/mol. The molecule has 108 valence electrons. The van der Waals surface area contributed by atoms with E-state index in [0.717, 1.165) is 15.6 Å². The van der Waals surface area contributed by atoms with Gasteiger partial charge in [0.05, 0.1) is 5.75 Å². The molecule has 8 heteroatoms. The lowest BCUT2D eigenvalue weighted by atomic mass is 10.2. The molecule has 21 heavy (non-hydrogen) atoms. The van der Waals surface area contributed by atoms with E-state index in [-0.39, 0.29) is 5.91 Å². The Kier molecular flexibility index (Phi) is 4.16. The van der Waals surface area contributed by atoms with E-state index in [2.05, 4.69) is 25.2 Å². The fraction of sp³-hybridized carbons (Fsp3) is 0.231. The lowest BCUT2D eigenvalue weighted by Crippen LogP contribution is -2.24. The molecule has 0 radical (unpaired) electrons.